The van der Waals surface area contributed by atoms with E-state index in [9.17, 15) is 0 Å². The number of rotatable bonds is 12. The maximum Gasteiger partial charge on any atom is 0.321 e. The Morgan fingerprint density at radius 1 is 0.808 bits per heavy atom. The van der Waals surface area contributed by atoms with Crippen molar-refractivity contribution in [2.75, 3.05) is 45.9 Å². The van der Waals surface area contributed by atoms with Crippen molar-refractivity contribution in [3.63, 3.8) is 0 Å². The first-order chi connectivity index (χ1) is 12.3. The van der Waals surface area contributed by atoms with Gasteiger partial charge in [-0.05, 0) is 49.5 Å². The van der Waals surface area contributed by atoms with Gasteiger partial charge in [0.25, 0.3) is 0 Å². The highest BCUT2D eigenvalue weighted by molar-refractivity contribution is 6.81. The van der Waals surface area contributed by atoms with Gasteiger partial charge in [-0.15, -0.1) is 0 Å². The fraction of sp³-hybridized carbons (Fsp3) is 1.00. The SMILES string of the molecule is CCO[SiH](CCCN1CCN([Si](C(C)C)(C(C)C)C(C)C)CC1)OCC. The van der Waals surface area contributed by atoms with Gasteiger partial charge in [-0.2, -0.15) is 0 Å². The van der Waals surface area contributed by atoms with Crippen LogP contribution in [0, 0.1) is 0 Å². The van der Waals surface area contributed by atoms with Crippen LogP contribution in [0.4, 0.5) is 0 Å². The van der Waals surface area contributed by atoms with Crippen LogP contribution in [0.3, 0.4) is 0 Å². The Morgan fingerprint density at radius 3 is 1.65 bits per heavy atom. The molecule has 0 atom stereocenters. The molecule has 0 aromatic carbocycles. The van der Waals surface area contributed by atoms with Crippen molar-refractivity contribution < 1.29 is 8.85 Å². The molecule has 1 fully saturated rings. The second-order valence-electron chi connectivity index (χ2n) is 8.66. The van der Waals surface area contributed by atoms with E-state index in [0.717, 1.165) is 35.9 Å². The lowest BCUT2D eigenvalue weighted by Gasteiger charge is -2.53. The number of piperazine rings is 1. The second-order valence-corrected chi connectivity index (χ2v) is 16.6. The van der Waals surface area contributed by atoms with Gasteiger partial charge in [0.15, 0.2) is 0 Å². The summed E-state index contributed by atoms with van der Waals surface area (Å²) in [6.45, 7) is 26.8. The molecular weight excluding hydrogens is 356 g/mol. The molecule has 156 valence electrons. The van der Waals surface area contributed by atoms with Crippen molar-refractivity contribution in [3.8, 4) is 0 Å². The minimum Gasteiger partial charge on any atom is -0.397 e. The average molecular weight is 403 g/mol. The van der Waals surface area contributed by atoms with Gasteiger partial charge in [0.1, 0.15) is 8.24 Å². The van der Waals surface area contributed by atoms with E-state index in [-0.39, 0.29) is 0 Å². The Balaban J connectivity index is 2.53. The lowest BCUT2D eigenvalue weighted by molar-refractivity contribution is 0.173. The van der Waals surface area contributed by atoms with E-state index in [4.69, 9.17) is 8.85 Å². The summed E-state index contributed by atoms with van der Waals surface area (Å²) in [5.41, 5.74) is 2.45. The quantitative estimate of drug-likeness (QED) is 0.450. The zero-order chi connectivity index (χ0) is 19.7. The minimum absolute atomic E-state index is 0.794. The van der Waals surface area contributed by atoms with Crippen LogP contribution in [0.15, 0.2) is 0 Å². The molecule has 0 N–H and O–H groups in total. The number of nitrogens with zero attached hydrogens (tertiary/aromatic N) is 2. The summed E-state index contributed by atoms with van der Waals surface area (Å²) < 4.78 is 14.6. The van der Waals surface area contributed by atoms with Gasteiger partial charge in [0.05, 0.1) is 0 Å². The molecule has 1 rings (SSSR count). The molecule has 0 aromatic rings. The van der Waals surface area contributed by atoms with Gasteiger partial charge in [0.2, 0.25) is 0 Å². The van der Waals surface area contributed by atoms with Gasteiger partial charge in [-0.1, -0.05) is 41.5 Å². The smallest absolute Gasteiger partial charge is 0.321 e. The molecular formula is C20H46N2O2Si2. The van der Waals surface area contributed by atoms with Crippen LogP contribution < -0.4 is 0 Å². The van der Waals surface area contributed by atoms with Crippen LogP contribution in [0.25, 0.3) is 0 Å². The molecule has 0 aromatic heterocycles. The molecule has 1 heterocycles. The standard InChI is InChI=1S/C20H46N2O2Si2/c1-9-23-25(24-10-2)17-11-12-21-13-15-22(16-14-21)26(18(3)4,19(5)6)20(7)8/h18-20,25H,9-17H2,1-8H3. The molecule has 0 unspecified atom stereocenters. The van der Waals surface area contributed by atoms with Crippen molar-refractivity contribution in [2.24, 2.45) is 0 Å². The lowest BCUT2D eigenvalue weighted by atomic mass is 10.3. The van der Waals surface area contributed by atoms with Crippen LogP contribution in [0.5, 0.6) is 0 Å². The summed E-state index contributed by atoms with van der Waals surface area (Å²) in [7, 11) is -2.87. The average Bonchev–Trinajstić information content (AvgIpc) is 2.56. The van der Waals surface area contributed by atoms with E-state index in [0.29, 0.717) is 0 Å². The van der Waals surface area contributed by atoms with Crippen LogP contribution in [0.1, 0.15) is 61.8 Å². The highest BCUT2D eigenvalue weighted by Gasteiger charge is 2.48. The lowest BCUT2D eigenvalue weighted by Crippen LogP contribution is -2.65. The Kier molecular flexibility index (Phi) is 11.2. The zero-order valence-electron chi connectivity index (χ0n) is 18.9. The third kappa shape index (κ3) is 6.14. The van der Waals surface area contributed by atoms with Crippen molar-refractivity contribution in [1.82, 2.24) is 9.47 Å². The highest BCUT2D eigenvalue weighted by atomic mass is 28.3. The molecule has 0 radical (unpaired) electrons. The molecule has 0 amide bonds. The Morgan fingerprint density at radius 2 is 1.27 bits per heavy atom. The number of hydrogen-bond donors (Lipinski definition) is 0. The second kappa shape index (κ2) is 12.0. The predicted octanol–water partition coefficient (Wildman–Crippen LogP) is 4.46. The maximum atomic E-state index is 5.81. The molecule has 1 saturated heterocycles. The molecule has 0 bridgehead atoms. The van der Waals surface area contributed by atoms with E-state index >= 15 is 0 Å². The van der Waals surface area contributed by atoms with Crippen molar-refractivity contribution in [3.05, 3.63) is 0 Å². The van der Waals surface area contributed by atoms with Crippen LogP contribution in [-0.2, 0) is 8.85 Å². The van der Waals surface area contributed by atoms with E-state index in [2.05, 4.69) is 64.9 Å². The van der Waals surface area contributed by atoms with Crippen molar-refractivity contribution in [1.29, 1.82) is 0 Å². The molecule has 0 aliphatic carbocycles. The highest BCUT2D eigenvalue weighted by Crippen LogP contribution is 2.44. The van der Waals surface area contributed by atoms with Gasteiger partial charge >= 0.3 is 9.28 Å². The fourth-order valence-corrected chi connectivity index (χ4v) is 14.4. The van der Waals surface area contributed by atoms with Gasteiger partial charge in [-0.25, -0.2) is 0 Å². The summed E-state index contributed by atoms with van der Waals surface area (Å²) in [6.07, 6.45) is 1.22. The van der Waals surface area contributed by atoms with Crippen LogP contribution in [-0.4, -0.2) is 72.9 Å². The third-order valence-corrected chi connectivity index (χ3v) is 15.7. The van der Waals surface area contributed by atoms with Crippen LogP contribution in [0.2, 0.25) is 22.7 Å². The molecule has 0 spiro atoms. The van der Waals surface area contributed by atoms with E-state index < -0.39 is 17.5 Å². The molecule has 0 saturated carbocycles. The van der Waals surface area contributed by atoms with E-state index in [1.54, 1.807) is 0 Å². The zero-order valence-corrected chi connectivity index (χ0v) is 21.0. The van der Waals surface area contributed by atoms with E-state index in [1.807, 2.05) is 0 Å². The normalized spacial score (nSPS) is 18.0. The molecule has 1 aliphatic rings. The monoisotopic (exact) mass is 402 g/mol. The molecule has 26 heavy (non-hydrogen) atoms. The van der Waals surface area contributed by atoms with Gasteiger partial charge < -0.3 is 18.3 Å². The summed E-state index contributed by atoms with van der Waals surface area (Å²) in [4.78, 5) is 2.67. The third-order valence-electron chi connectivity index (χ3n) is 6.31. The first-order valence-electron chi connectivity index (χ1n) is 11.0. The topological polar surface area (TPSA) is 24.9 Å². The first-order valence-corrected chi connectivity index (χ1v) is 14.9. The predicted molar refractivity (Wildman–Crippen MR) is 119 cm³/mol. The maximum absolute atomic E-state index is 5.81. The van der Waals surface area contributed by atoms with Gasteiger partial charge in [-0.3, -0.25) is 0 Å². The molecule has 6 heteroatoms. The first kappa shape index (κ1) is 24.3. The van der Waals surface area contributed by atoms with Gasteiger partial charge in [0, 0.05) is 39.4 Å². The van der Waals surface area contributed by atoms with E-state index in [1.165, 1.54) is 39.1 Å². The fourth-order valence-electron chi connectivity index (χ4n) is 5.52. The van der Waals surface area contributed by atoms with Crippen molar-refractivity contribution >= 4 is 17.5 Å². The summed E-state index contributed by atoms with van der Waals surface area (Å²) in [6, 6.07) is 1.14. The Bertz CT molecular complexity index is 345. The summed E-state index contributed by atoms with van der Waals surface area (Å²) >= 11 is 0. The molecule has 1 aliphatic heterocycles. The summed E-state index contributed by atoms with van der Waals surface area (Å²) in [5.74, 6) is 0. The van der Waals surface area contributed by atoms with Crippen LogP contribution >= 0.6 is 0 Å². The molecule has 4 nitrogen and oxygen atoms in total. The Hall–Kier alpha value is 0.274. The van der Waals surface area contributed by atoms with Crippen molar-refractivity contribution in [2.45, 2.75) is 84.5 Å². The number of hydrogen-bond acceptors (Lipinski definition) is 4. The minimum atomic E-state index is -1.45. The Labute approximate surface area is 166 Å². The largest absolute Gasteiger partial charge is 0.397 e. The summed E-state index contributed by atoms with van der Waals surface area (Å²) in [5, 5.41) is 0.